The maximum Gasteiger partial charge on any atom is 0.289 e. The average Bonchev–Trinajstić information content (AvgIpc) is 2.60. The van der Waals surface area contributed by atoms with E-state index in [4.69, 9.17) is 16.3 Å². The highest BCUT2D eigenvalue weighted by Gasteiger charge is 2.34. The molecular weight excluding hydrogens is 488 g/mol. The van der Waals surface area contributed by atoms with Crippen LogP contribution in [0.25, 0.3) is 0 Å². The smallest absolute Gasteiger partial charge is 0.289 e. The van der Waals surface area contributed by atoms with Crippen molar-refractivity contribution in [2.24, 2.45) is 0 Å². The van der Waals surface area contributed by atoms with Crippen LogP contribution in [0.1, 0.15) is 0 Å². The van der Waals surface area contributed by atoms with Crippen LogP contribution in [0.4, 0.5) is 5.69 Å². The van der Waals surface area contributed by atoms with Gasteiger partial charge in [0.1, 0.15) is 10.8 Å². The molecule has 0 fully saturated rings. The molecule has 2 rings (SSSR count). The third-order valence-corrected chi connectivity index (χ3v) is 8.68. The summed E-state index contributed by atoms with van der Waals surface area (Å²) in [6.07, 6.45) is 0. The van der Waals surface area contributed by atoms with Crippen molar-refractivity contribution in [3.8, 4) is 5.75 Å². The van der Waals surface area contributed by atoms with Crippen LogP contribution in [0.5, 0.6) is 5.75 Å². The van der Waals surface area contributed by atoms with Gasteiger partial charge in [-0.1, -0.05) is 15.3 Å². The van der Waals surface area contributed by atoms with Crippen LogP contribution < -0.4 is 4.74 Å². The molecule has 0 heterocycles. The largest absolute Gasteiger partial charge is 0.496 e. The van der Waals surface area contributed by atoms with E-state index in [0.717, 1.165) is 19.2 Å². The Morgan fingerprint density at radius 2 is 1.59 bits per heavy atom. The SMILES string of the molecule is COc1ccc(S(=O)(=O)N(C)S(=O)(=O)c2ccc(Cl)c([N+](=O)[O-])c2)cc1Br. The molecule has 0 atom stereocenters. The van der Waals surface area contributed by atoms with Crippen molar-refractivity contribution in [2.45, 2.75) is 9.79 Å². The van der Waals surface area contributed by atoms with E-state index < -0.39 is 35.6 Å². The lowest BCUT2D eigenvalue weighted by Gasteiger charge is -2.18. The molecule has 27 heavy (non-hydrogen) atoms. The zero-order valence-corrected chi connectivity index (χ0v) is 17.8. The molecule has 13 heteroatoms. The lowest BCUT2D eigenvalue weighted by atomic mass is 10.3. The van der Waals surface area contributed by atoms with Gasteiger partial charge in [0.15, 0.2) is 0 Å². The second-order valence-corrected chi connectivity index (χ2v) is 10.5. The van der Waals surface area contributed by atoms with E-state index in [1.807, 2.05) is 0 Å². The molecule has 0 aliphatic heterocycles. The Hall–Kier alpha value is -1.73. The van der Waals surface area contributed by atoms with Gasteiger partial charge in [-0.15, -0.1) is 0 Å². The summed E-state index contributed by atoms with van der Waals surface area (Å²) < 4.78 is 56.3. The molecule has 0 aromatic heterocycles. The number of sulfonamides is 2. The van der Waals surface area contributed by atoms with Crippen LogP contribution in [0.2, 0.25) is 5.02 Å². The Kier molecular flexibility index (Phi) is 6.16. The number of nitro groups is 1. The molecule has 0 spiro atoms. The number of benzene rings is 2. The van der Waals surface area contributed by atoms with Crippen molar-refractivity contribution in [2.75, 3.05) is 14.2 Å². The molecule has 146 valence electrons. The van der Waals surface area contributed by atoms with Crippen LogP contribution in [-0.2, 0) is 20.0 Å². The summed E-state index contributed by atoms with van der Waals surface area (Å²) in [5.41, 5.74) is -0.657. The number of nitro benzene ring substituents is 1. The van der Waals surface area contributed by atoms with Gasteiger partial charge in [-0.25, -0.2) is 16.8 Å². The van der Waals surface area contributed by atoms with E-state index in [0.29, 0.717) is 16.3 Å². The Labute approximate surface area is 168 Å². The van der Waals surface area contributed by atoms with Crippen LogP contribution in [0, 0.1) is 10.1 Å². The number of rotatable bonds is 6. The van der Waals surface area contributed by atoms with E-state index in [1.165, 1.54) is 25.3 Å². The molecule has 0 saturated carbocycles. The maximum absolute atomic E-state index is 12.7. The summed E-state index contributed by atoms with van der Waals surface area (Å²) >= 11 is 8.80. The fourth-order valence-electron chi connectivity index (χ4n) is 2.03. The number of nitrogens with zero attached hydrogens (tertiary/aromatic N) is 2. The average molecular weight is 500 g/mol. The molecule has 0 aliphatic rings. The molecule has 2 aromatic rings. The Bertz CT molecular complexity index is 1120. The Morgan fingerprint density at radius 1 is 1.07 bits per heavy atom. The lowest BCUT2D eigenvalue weighted by molar-refractivity contribution is -0.384. The molecule has 0 N–H and O–H groups in total. The molecule has 0 aliphatic carbocycles. The predicted molar refractivity (Wildman–Crippen MR) is 101 cm³/mol. The number of ether oxygens (including phenoxy) is 1. The summed E-state index contributed by atoms with van der Waals surface area (Å²) in [5.74, 6) is 0.354. The van der Waals surface area contributed by atoms with E-state index in [1.54, 1.807) is 0 Å². The van der Waals surface area contributed by atoms with Gasteiger partial charge in [0.25, 0.3) is 25.7 Å². The van der Waals surface area contributed by atoms with Crippen molar-refractivity contribution in [1.82, 2.24) is 3.71 Å². The van der Waals surface area contributed by atoms with Crippen LogP contribution in [0.15, 0.2) is 50.7 Å². The van der Waals surface area contributed by atoms with E-state index >= 15 is 0 Å². The number of hydrogen-bond donors (Lipinski definition) is 0. The van der Waals surface area contributed by atoms with Gasteiger partial charge < -0.3 is 4.74 Å². The summed E-state index contributed by atoms with van der Waals surface area (Å²) in [6, 6.07) is 6.41. The zero-order chi connectivity index (χ0) is 20.6. The second kappa shape index (κ2) is 7.72. The minimum absolute atomic E-state index is 0.140. The number of halogens is 2. The fraction of sp³-hybridized carbons (Fsp3) is 0.143. The van der Waals surface area contributed by atoms with Crippen molar-refractivity contribution >= 4 is 53.3 Å². The third kappa shape index (κ3) is 4.09. The zero-order valence-electron chi connectivity index (χ0n) is 13.8. The second-order valence-electron chi connectivity index (χ2n) is 5.06. The lowest BCUT2D eigenvalue weighted by Crippen LogP contribution is -2.33. The van der Waals surface area contributed by atoms with Gasteiger partial charge in [0.2, 0.25) is 0 Å². The van der Waals surface area contributed by atoms with Crippen LogP contribution in [0.3, 0.4) is 0 Å². The van der Waals surface area contributed by atoms with Gasteiger partial charge in [0, 0.05) is 13.1 Å². The fourth-order valence-corrected chi connectivity index (χ4v) is 6.06. The standard InChI is InChI=1S/C14H12BrClN2O7S2/c1-17(26(21,22)9-4-6-14(25-2)11(15)7-9)27(23,24)10-3-5-12(16)13(8-10)18(19)20/h3-8H,1-2H3. The van der Waals surface area contributed by atoms with Gasteiger partial charge >= 0.3 is 0 Å². The summed E-state index contributed by atoms with van der Waals surface area (Å²) in [4.78, 5) is 9.20. The van der Waals surface area contributed by atoms with Crippen molar-refractivity contribution in [1.29, 1.82) is 0 Å². The molecule has 0 radical (unpaired) electrons. The van der Waals surface area contributed by atoms with Crippen molar-refractivity contribution in [3.05, 3.63) is 56.0 Å². The summed E-state index contributed by atoms with van der Waals surface area (Å²) in [6.45, 7) is 0. The molecule has 0 amide bonds. The first-order chi connectivity index (χ1) is 12.4. The maximum atomic E-state index is 12.7. The van der Waals surface area contributed by atoms with Crippen LogP contribution >= 0.6 is 27.5 Å². The molecule has 0 saturated heterocycles. The monoisotopic (exact) mass is 498 g/mol. The Balaban J connectivity index is 2.54. The highest BCUT2D eigenvalue weighted by atomic mass is 79.9. The highest BCUT2D eigenvalue weighted by Crippen LogP contribution is 2.32. The first-order valence-electron chi connectivity index (χ1n) is 6.94. The number of hydrogen-bond acceptors (Lipinski definition) is 7. The molecule has 0 unspecified atom stereocenters. The van der Waals surface area contributed by atoms with Gasteiger partial charge in [-0.3, -0.25) is 10.1 Å². The third-order valence-electron chi connectivity index (χ3n) is 3.51. The quantitative estimate of drug-likeness (QED) is 0.442. The topological polar surface area (TPSA) is 124 Å². The minimum Gasteiger partial charge on any atom is -0.496 e. The van der Waals surface area contributed by atoms with Gasteiger partial charge in [0.05, 0.1) is 26.3 Å². The van der Waals surface area contributed by atoms with Crippen LogP contribution in [-0.4, -0.2) is 39.6 Å². The molecule has 0 bridgehead atoms. The summed E-state index contributed by atoms with van der Waals surface area (Å²) in [5, 5.41) is 10.7. The molecule has 9 nitrogen and oxygen atoms in total. The first kappa shape index (κ1) is 21.6. The minimum atomic E-state index is -4.61. The molecular formula is C14H12BrClN2O7S2. The van der Waals surface area contributed by atoms with Gasteiger partial charge in [-0.05, 0) is 46.3 Å². The van der Waals surface area contributed by atoms with E-state index in [-0.39, 0.29) is 13.6 Å². The number of methoxy groups -OCH3 is 1. The van der Waals surface area contributed by atoms with E-state index in [2.05, 4.69) is 15.9 Å². The molecule has 2 aromatic carbocycles. The highest BCUT2D eigenvalue weighted by molar-refractivity contribution is 9.10. The van der Waals surface area contributed by atoms with E-state index in [9.17, 15) is 26.9 Å². The first-order valence-corrected chi connectivity index (χ1v) is 11.0. The normalized spacial score (nSPS) is 12.2. The summed E-state index contributed by atoms with van der Waals surface area (Å²) in [7, 11) is -6.87. The predicted octanol–water partition coefficient (Wildman–Crippen LogP) is 3.03. The Morgan fingerprint density at radius 3 is 2.07 bits per heavy atom. The van der Waals surface area contributed by atoms with Gasteiger partial charge in [-0.2, -0.15) is 0 Å². The van der Waals surface area contributed by atoms with Crippen molar-refractivity contribution in [3.63, 3.8) is 0 Å². The van der Waals surface area contributed by atoms with Crippen molar-refractivity contribution < 1.29 is 26.5 Å².